The number of hydrogen-bond acceptors (Lipinski definition) is 44. The summed E-state index contributed by atoms with van der Waals surface area (Å²) in [6.07, 6.45) is -51.6. The average molecular weight is 1660 g/mol. The van der Waals surface area contributed by atoms with Gasteiger partial charge in [-0.25, -0.2) is 4.79 Å². The zero-order valence-electron chi connectivity index (χ0n) is 65.7. The van der Waals surface area contributed by atoms with Crippen molar-refractivity contribution in [1.29, 1.82) is 0 Å². The Bertz CT molecular complexity index is 4000. The van der Waals surface area contributed by atoms with Crippen LogP contribution in [0.1, 0.15) is 116 Å². The second-order valence-electron chi connectivity index (χ2n) is 26.5. The molecule has 7 rings (SSSR count). The average Bonchev–Trinajstić information content (AvgIpc) is 0.759. The molecule has 1 aromatic heterocycles. The third kappa shape index (κ3) is 26.2. The molecular formula is C72H90O44. The monoisotopic (exact) mass is 1660 g/mol. The van der Waals surface area contributed by atoms with Gasteiger partial charge < -0.3 is 128 Å². The smallest absolute Gasteiger partial charge is 0.336 e. The highest BCUT2D eigenvalue weighted by molar-refractivity contribution is 5.81. The van der Waals surface area contributed by atoms with Gasteiger partial charge in [0.2, 0.25) is 12.4 Å². The predicted octanol–water partition coefficient (Wildman–Crippen LogP) is -0.290. The third-order valence-corrected chi connectivity index (χ3v) is 16.9. The van der Waals surface area contributed by atoms with Gasteiger partial charge in [-0.2, -0.15) is 0 Å². The Balaban J connectivity index is 1.36. The predicted molar refractivity (Wildman–Crippen MR) is 365 cm³/mol. The SMILES string of the molecule is CC(=O)OC[C@H]1O[C@@H](O[C@H]2[C@H](OC(C)=O)[C@@H](OC(C)=O)[C@H](O[C@H]3[C@H](OC(C)=O)[C@@H](OC(C)=O)[C@H](O[C@H]4[C@H](OC(C)=O)[C@@H](OC(C)=O)[C@H](O[C@H]5[C@H](OC(C)=O)[C@@H](OC(C)=O)[C@H](Oc6ccc7c(C)cc(=O)oc7c6)O[C@@H]5COC(C)=O)O[C@@H]4COC(C)=O)O[C@@H]3COC(C)=O)O[C@@H]2COC(C)=O)[C@H](OC(C)=O)[C@@H](OC(C)=O)[C@@H]1OC(C)=O. The van der Waals surface area contributed by atoms with E-state index >= 15 is 0 Å². The first-order chi connectivity index (χ1) is 54.5. The zero-order valence-corrected chi connectivity index (χ0v) is 65.7. The Morgan fingerprint density at radius 2 is 0.483 bits per heavy atom. The van der Waals surface area contributed by atoms with Crippen LogP contribution in [0.15, 0.2) is 33.5 Å². The number of carbonyl (C=O) groups is 16. The van der Waals surface area contributed by atoms with E-state index in [1.807, 2.05) is 0 Å². The van der Waals surface area contributed by atoms with E-state index in [1.54, 1.807) is 6.92 Å². The normalized spacial score (nSPS) is 30.8. The quantitative estimate of drug-likeness (QED) is 0.0532. The maximum absolute atomic E-state index is 13.7. The standard InChI is InChI=1S/C72H90O44/c1-27-20-52(89)107-46-21-44(18-19-45(27)46)106-68-63(101-39(13)84)59(97-35(9)80)54(48(108-68)23-91-29(3)74)113-70-65(103-41(15)86)61(99-37(11)82)56(50(110-70)25-93-31(5)76)115-72-67(105-43(17)88)62(100-38(12)83)57(51(112-72)26-94-32(6)77)116-71-66(104-42(16)87)60(98-36(10)81)55(49(111-71)24-92-30(4)75)114-69-64(102-40(14)85)58(96-34(8)79)53(95-33(7)78)47(109-69)22-90-28(2)73/h18-21,47-51,53-72H,22-26H2,1-17H3/t47-,48-,49-,50-,51-,53-,54-,55-,56-,57-,58+,59+,60+,61+,62+,63-,64-,65-,66-,67-,68-,69+,70+,71+,72+/m1/s1. The van der Waals surface area contributed by atoms with Crippen LogP contribution in [0.2, 0.25) is 0 Å². The first kappa shape index (κ1) is 92.6. The summed E-state index contributed by atoms with van der Waals surface area (Å²) < 4.78 is 160. The van der Waals surface area contributed by atoms with Gasteiger partial charge in [0.1, 0.15) is 99.3 Å². The van der Waals surface area contributed by atoms with Crippen LogP contribution in [0.5, 0.6) is 5.75 Å². The molecule has 44 heteroatoms. The van der Waals surface area contributed by atoms with Crippen molar-refractivity contribution in [1.82, 2.24) is 0 Å². The molecule has 0 saturated carbocycles. The summed E-state index contributed by atoms with van der Waals surface area (Å²) in [4.78, 5) is 223. The van der Waals surface area contributed by atoms with Crippen LogP contribution in [-0.4, -0.2) is 282 Å². The molecule has 0 aliphatic carbocycles. The van der Waals surface area contributed by atoms with E-state index in [1.165, 1.54) is 24.3 Å². The van der Waals surface area contributed by atoms with Gasteiger partial charge in [-0.3, -0.25) is 76.7 Å². The second kappa shape index (κ2) is 41.8. The summed E-state index contributed by atoms with van der Waals surface area (Å²) in [5.41, 5.74) is -0.186. The Morgan fingerprint density at radius 1 is 0.267 bits per heavy atom. The van der Waals surface area contributed by atoms with E-state index < -0.39 is 288 Å². The number of aryl methyl sites for hydroxylation is 1. The first-order valence-corrected chi connectivity index (χ1v) is 35.6. The van der Waals surface area contributed by atoms with Crippen LogP contribution in [0.25, 0.3) is 11.0 Å². The van der Waals surface area contributed by atoms with Gasteiger partial charge in [-0.1, -0.05) is 0 Å². The molecule has 5 aliphatic heterocycles. The second-order valence-corrected chi connectivity index (χ2v) is 26.5. The number of rotatable bonds is 31. The number of benzene rings is 1. The summed E-state index contributed by atoms with van der Waals surface area (Å²) in [5.74, 6) is -17.7. The lowest BCUT2D eigenvalue weighted by Crippen LogP contribution is -2.70. The maximum Gasteiger partial charge on any atom is 0.336 e. The van der Waals surface area contributed by atoms with Gasteiger partial charge in [-0.15, -0.1) is 0 Å². The molecule has 5 fully saturated rings. The van der Waals surface area contributed by atoms with Crippen LogP contribution in [0.4, 0.5) is 0 Å². The number of ether oxygens (including phenoxy) is 26. The minimum atomic E-state index is -2.36. The fraction of sp³-hybridized carbons (Fsp3) is 0.653. The highest BCUT2D eigenvalue weighted by Gasteiger charge is 2.63. The molecule has 0 bridgehead atoms. The molecule has 44 nitrogen and oxygen atoms in total. The van der Waals surface area contributed by atoms with E-state index in [-0.39, 0.29) is 11.3 Å². The largest absolute Gasteiger partial charge is 0.463 e. The van der Waals surface area contributed by atoms with Crippen LogP contribution < -0.4 is 10.4 Å². The van der Waals surface area contributed by atoms with Crippen molar-refractivity contribution < 1.29 is 204 Å². The van der Waals surface area contributed by atoms with Crippen LogP contribution in [0.3, 0.4) is 0 Å². The molecule has 5 aliphatic rings. The summed E-state index contributed by atoms with van der Waals surface area (Å²) in [6, 6.07) is 5.47. The Morgan fingerprint density at radius 3 is 0.733 bits per heavy atom. The molecule has 642 valence electrons. The van der Waals surface area contributed by atoms with Crippen LogP contribution in [0, 0.1) is 6.92 Å². The number of esters is 16. The maximum atomic E-state index is 13.7. The lowest BCUT2D eigenvalue weighted by atomic mass is 9.94. The summed E-state index contributed by atoms with van der Waals surface area (Å²) in [6.45, 7) is 11.6. The summed E-state index contributed by atoms with van der Waals surface area (Å²) in [5, 5.41) is 0.476. The number of hydrogen-bond donors (Lipinski definition) is 0. The molecule has 0 unspecified atom stereocenters. The van der Waals surface area contributed by atoms with Crippen molar-refractivity contribution in [3.05, 3.63) is 40.2 Å². The van der Waals surface area contributed by atoms with Gasteiger partial charge in [0.15, 0.2) is 86.2 Å². The van der Waals surface area contributed by atoms with Gasteiger partial charge >= 0.3 is 101 Å². The molecule has 116 heavy (non-hydrogen) atoms. The molecular weight excluding hydrogens is 1570 g/mol. The van der Waals surface area contributed by atoms with E-state index in [0.717, 1.165) is 111 Å². The van der Waals surface area contributed by atoms with Crippen molar-refractivity contribution in [2.24, 2.45) is 0 Å². The lowest BCUT2D eigenvalue weighted by molar-refractivity contribution is -0.392. The van der Waals surface area contributed by atoms with Gasteiger partial charge in [0, 0.05) is 128 Å². The Kier molecular flexibility index (Phi) is 33.4. The first-order valence-electron chi connectivity index (χ1n) is 35.6. The van der Waals surface area contributed by atoms with E-state index in [2.05, 4.69) is 0 Å². The molecule has 25 atom stereocenters. The molecule has 0 radical (unpaired) electrons. The summed E-state index contributed by atoms with van der Waals surface area (Å²) in [7, 11) is 0. The van der Waals surface area contributed by atoms with Gasteiger partial charge in [-0.05, 0) is 24.6 Å². The molecule has 0 N–H and O–H groups in total. The van der Waals surface area contributed by atoms with Crippen molar-refractivity contribution in [3.8, 4) is 5.75 Å². The fourth-order valence-corrected chi connectivity index (χ4v) is 12.9. The number of carbonyl (C=O) groups excluding carboxylic acids is 16. The van der Waals surface area contributed by atoms with E-state index in [9.17, 15) is 81.5 Å². The van der Waals surface area contributed by atoms with Gasteiger partial charge in [0.25, 0.3) is 0 Å². The van der Waals surface area contributed by atoms with Crippen molar-refractivity contribution >= 4 is 106 Å². The van der Waals surface area contributed by atoms with E-state index in [4.69, 9.17) is 128 Å². The molecule has 0 amide bonds. The summed E-state index contributed by atoms with van der Waals surface area (Å²) >= 11 is 0. The van der Waals surface area contributed by atoms with Crippen molar-refractivity contribution in [2.45, 2.75) is 271 Å². The minimum absolute atomic E-state index is 0.0251. The number of fused-ring (bicyclic) bond motifs is 1. The Labute approximate surface area is 659 Å². The highest BCUT2D eigenvalue weighted by atomic mass is 16.8. The van der Waals surface area contributed by atoms with Crippen molar-refractivity contribution in [3.63, 3.8) is 0 Å². The minimum Gasteiger partial charge on any atom is -0.463 e. The lowest BCUT2D eigenvalue weighted by Gasteiger charge is -2.51. The molecule has 2 aromatic rings. The topological polar surface area (TPSA) is 543 Å². The Hall–Kier alpha value is -10.6. The molecule has 5 saturated heterocycles. The highest BCUT2D eigenvalue weighted by Crippen LogP contribution is 2.42. The zero-order chi connectivity index (χ0) is 86.0. The molecule has 1 aromatic carbocycles. The molecule has 0 spiro atoms. The fourth-order valence-electron chi connectivity index (χ4n) is 12.9. The van der Waals surface area contributed by atoms with Gasteiger partial charge in [0.05, 0.1) is 0 Å². The van der Waals surface area contributed by atoms with Crippen LogP contribution in [-0.2, 0) is 195 Å². The van der Waals surface area contributed by atoms with Crippen LogP contribution >= 0.6 is 0 Å². The third-order valence-electron chi connectivity index (χ3n) is 16.9. The van der Waals surface area contributed by atoms with Crippen molar-refractivity contribution in [2.75, 3.05) is 33.0 Å². The van der Waals surface area contributed by atoms with E-state index in [0.29, 0.717) is 10.9 Å². The molecule has 6 heterocycles.